The number of nitro benzene ring substituents is 1. The molecule has 7 nitrogen and oxygen atoms in total. The molecule has 100 valence electrons. The van der Waals surface area contributed by atoms with Gasteiger partial charge in [0.1, 0.15) is 5.52 Å². The first-order valence-corrected chi connectivity index (χ1v) is 5.97. The van der Waals surface area contributed by atoms with Crippen LogP contribution >= 0.6 is 0 Å². The van der Waals surface area contributed by atoms with E-state index < -0.39 is 4.92 Å². The van der Waals surface area contributed by atoms with Crippen molar-refractivity contribution in [3.63, 3.8) is 0 Å². The van der Waals surface area contributed by atoms with Crippen molar-refractivity contribution in [2.75, 3.05) is 18.5 Å². The summed E-state index contributed by atoms with van der Waals surface area (Å²) in [4.78, 5) is 14.5. The molecule has 0 radical (unpaired) electrons. The van der Waals surface area contributed by atoms with Crippen molar-refractivity contribution >= 4 is 22.8 Å². The molecule has 1 aromatic heterocycles. The number of benzene rings is 1. The van der Waals surface area contributed by atoms with Crippen LogP contribution in [0.2, 0.25) is 0 Å². The Kier molecular flexibility index (Phi) is 2.63. The van der Waals surface area contributed by atoms with Crippen molar-refractivity contribution in [1.82, 2.24) is 4.98 Å². The van der Waals surface area contributed by atoms with Crippen molar-refractivity contribution in [2.45, 2.75) is 18.9 Å². The van der Waals surface area contributed by atoms with Crippen LogP contribution in [0.5, 0.6) is 0 Å². The van der Waals surface area contributed by atoms with E-state index >= 15 is 0 Å². The summed E-state index contributed by atoms with van der Waals surface area (Å²) in [6, 6.07) is 4.72. The molecule has 7 heteroatoms. The number of hydrogen-bond donors (Lipinski definition) is 1. The summed E-state index contributed by atoms with van der Waals surface area (Å²) in [5.41, 5.74) is 0.796. The fourth-order valence-electron chi connectivity index (χ4n) is 2.11. The highest BCUT2D eigenvalue weighted by Crippen LogP contribution is 2.27. The van der Waals surface area contributed by atoms with Crippen LogP contribution in [0, 0.1) is 10.1 Å². The maximum Gasteiger partial charge on any atom is 0.296 e. The monoisotopic (exact) mass is 263 g/mol. The lowest BCUT2D eigenvalue weighted by Crippen LogP contribution is -2.35. The first kappa shape index (κ1) is 11.9. The Morgan fingerprint density at radius 3 is 3.05 bits per heavy atom. The minimum Gasteiger partial charge on any atom is -0.424 e. The third kappa shape index (κ3) is 2.24. The average Bonchev–Trinajstić information content (AvgIpc) is 2.94. The van der Waals surface area contributed by atoms with E-state index in [1.54, 1.807) is 6.07 Å². The third-order valence-corrected chi connectivity index (χ3v) is 3.21. The van der Waals surface area contributed by atoms with E-state index in [4.69, 9.17) is 9.15 Å². The Morgan fingerprint density at radius 1 is 1.53 bits per heavy atom. The Hall–Kier alpha value is -2.15. The fraction of sp³-hybridized carbons (Fsp3) is 0.417. The average molecular weight is 263 g/mol. The van der Waals surface area contributed by atoms with E-state index in [1.807, 2.05) is 6.92 Å². The summed E-state index contributed by atoms with van der Waals surface area (Å²) in [5.74, 6) is 0. The second kappa shape index (κ2) is 4.20. The maximum atomic E-state index is 10.7. The predicted molar refractivity (Wildman–Crippen MR) is 68.1 cm³/mol. The van der Waals surface area contributed by atoms with E-state index in [1.165, 1.54) is 12.1 Å². The minimum absolute atomic E-state index is 0.00256. The zero-order chi connectivity index (χ0) is 13.5. The molecule has 2 heterocycles. The summed E-state index contributed by atoms with van der Waals surface area (Å²) < 4.78 is 10.9. The first-order chi connectivity index (χ1) is 9.06. The summed E-state index contributed by atoms with van der Waals surface area (Å²) >= 11 is 0. The van der Waals surface area contributed by atoms with Gasteiger partial charge in [0.05, 0.1) is 17.1 Å². The number of hydrogen-bond acceptors (Lipinski definition) is 6. The number of nitro groups is 1. The van der Waals surface area contributed by atoms with Crippen LogP contribution in [0.1, 0.15) is 13.3 Å². The molecular formula is C12H13N3O4. The van der Waals surface area contributed by atoms with Gasteiger partial charge in [0.2, 0.25) is 0 Å². The van der Waals surface area contributed by atoms with Crippen LogP contribution in [-0.4, -0.2) is 28.7 Å². The van der Waals surface area contributed by atoms with Crippen molar-refractivity contribution in [1.29, 1.82) is 0 Å². The standard InChI is InChI=1S/C12H13N3O4/c1-12(4-5-18-7-12)14-11-13-9-6-8(15(16)17)2-3-10(9)19-11/h2-3,6H,4-5,7H2,1H3,(H,13,14). The van der Waals surface area contributed by atoms with E-state index in [0.29, 0.717) is 30.3 Å². The number of nitrogens with one attached hydrogen (secondary N) is 1. The summed E-state index contributed by atoms with van der Waals surface area (Å²) in [6.07, 6.45) is 0.867. The molecule has 0 saturated carbocycles. The number of nitrogens with zero attached hydrogens (tertiary/aromatic N) is 2. The van der Waals surface area contributed by atoms with Gasteiger partial charge in [0, 0.05) is 18.7 Å². The van der Waals surface area contributed by atoms with Crippen molar-refractivity contribution in [3.05, 3.63) is 28.3 Å². The fourth-order valence-corrected chi connectivity index (χ4v) is 2.11. The molecule has 0 amide bonds. The molecule has 1 fully saturated rings. The molecule has 1 aromatic carbocycles. The molecule has 0 bridgehead atoms. The number of fused-ring (bicyclic) bond motifs is 1. The van der Waals surface area contributed by atoms with Gasteiger partial charge in [-0.15, -0.1) is 0 Å². The summed E-state index contributed by atoms with van der Waals surface area (Å²) in [7, 11) is 0. The topological polar surface area (TPSA) is 90.4 Å². The largest absolute Gasteiger partial charge is 0.424 e. The number of oxazole rings is 1. The lowest BCUT2D eigenvalue weighted by molar-refractivity contribution is -0.384. The second-order valence-corrected chi connectivity index (χ2v) is 4.92. The van der Waals surface area contributed by atoms with Gasteiger partial charge in [0.25, 0.3) is 11.7 Å². The van der Waals surface area contributed by atoms with E-state index in [9.17, 15) is 10.1 Å². The zero-order valence-electron chi connectivity index (χ0n) is 10.4. The molecule has 1 saturated heterocycles. The van der Waals surface area contributed by atoms with Crippen LogP contribution in [0.4, 0.5) is 11.7 Å². The molecule has 1 aliphatic heterocycles. The normalized spacial score (nSPS) is 22.8. The molecule has 19 heavy (non-hydrogen) atoms. The maximum absolute atomic E-state index is 10.7. The molecule has 1 atom stereocenters. The predicted octanol–water partition coefficient (Wildman–Crippen LogP) is 2.33. The number of non-ortho nitro benzene ring substituents is 1. The Balaban J connectivity index is 1.91. The van der Waals surface area contributed by atoms with Crippen LogP contribution in [0.3, 0.4) is 0 Å². The van der Waals surface area contributed by atoms with E-state index in [-0.39, 0.29) is 11.2 Å². The Bertz CT molecular complexity index is 631. The lowest BCUT2D eigenvalue weighted by Gasteiger charge is -2.21. The van der Waals surface area contributed by atoms with Crippen LogP contribution in [-0.2, 0) is 4.74 Å². The van der Waals surface area contributed by atoms with Gasteiger partial charge in [-0.05, 0) is 19.4 Å². The highest BCUT2D eigenvalue weighted by Gasteiger charge is 2.31. The van der Waals surface area contributed by atoms with Crippen LogP contribution in [0.15, 0.2) is 22.6 Å². The molecule has 1 aliphatic rings. The van der Waals surface area contributed by atoms with Gasteiger partial charge in [-0.25, -0.2) is 0 Å². The first-order valence-electron chi connectivity index (χ1n) is 5.97. The molecule has 0 aliphatic carbocycles. The van der Waals surface area contributed by atoms with Gasteiger partial charge >= 0.3 is 0 Å². The highest BCUT2D eigenvalue weighted by molar-refractivity contribution is 5.77. The number of aromatic nitrogens is 1. The van der Waals surface area contributed by atoms with Crippen LogP contribution < -0.4 is 5.32 Å². The number of ether oxygens (including phenoxy) is 1. The molecule has 3 rings (SSSR count). The van der Waals surface area contributed by atoms with E-state index in [0.717, 1.165) is 6.42 Å². The molecule has 2 aromatic rings. The third-order valence-electron chi connectivity index (χ3n) is 3.21. The quantitative estimate of drug-likeness (QED) is 0.675. The highest BCUT2D eigenvalue weighted by atomic mass is 16.6. The minimum atomic E-state index is -0.451. The molecular weight excluding hydrogens is 250 g/mol. The van der Waals surface area contributed by atoms with Gasteiger partial charge in [0.15, 0.2) is 5.58 Å². The lowest BCUT2D eigenvalue weighted by atomic mass is 10.0. The van der Waals surface area contributed by atoms with Crippen molar-refractivity contribution in [3.8, 4) is 0 Å². The van der Waals surface area contributed by atoms with Gasteiger partial charge in [-0.3, -0.25) is 10.1 Å². The smallest absolute Gasteiger partial charge is 0.296 e. The SMILES string of the molecule is CC1(Nc2nc3cc([N+](=O)[O-])ccc3o2)CCOC1. The van der Waals surface area contributed by atoms with Crippen LogP contribution in [0.25, 0.3) is 11.1 Å². The van der Waals surface area contributed by atoms with Gasteiger partial charge in [-0.1, -0.05) is 0 Å². The van der Waals surface area contributed by atoms with Crippen molar-refractivity contribution in [2.24, 2.45) is 0 Å². The Morgan fingerprint density at radius 2 is 2.37 bits per heavy atom. The van der Waals surface area contributed by atoms with Gasteiger partial charge < -0.3 is 14.5 Å². The van der Waals surface area contributed by atoms with E-state index in [2.05, 4.69) is 10.3 Å². The van der Waals surface area contributed by atoms with Crippen molar-refractivity contribution < 1.29 is 14.1 Å². The number of anilines is 1. The van der Waals surface area contributed by atoms with Gasteiger partial charge in [-0.2, -0.15) is 4.98 Å². The Labute approximate surface area is 108 Å². The summed E-state index contributed by atoms with van der Waals surface area (Å²) in [6.45, 7) is 3.32. The summed E-state index contributed by atoms with van der Waals surface area (Å²) in [5, 5.41) is 13.9. The second-order valence-electron chi connectivity index (χ2n) is 4.92. The molecule has 1 unspecified atom stereocenters. The number of rotatable bonds is 3. The zero-order valence-corrected chi connectivity index (χ0v) is 10.4. The molecule has 0 spiro atoms. The molecule has 1 N–H and O–H groups in total.